The van der Waals surface area contributed by atoms with E-state index in [2.05, 4.69) is 0 Å². The van der Waals surface area contributed by atoms with Gasteiger partial charge in [-0.25, -0.2) is 5.48 Å². The fourth-order valence-electron chi connectivity index (χ4n) is 1.18. The van der Waals surface area contributed by atoms with Gasteiger partial charge in [0.05, 0.1) is 0 Å². The minimum absolute atomic E-state index is 0.0353. The Labute approximate surface area is 116 Å². The molecule has 0 heterocycles. The van der Waals surface area contributed by atoms with Gasteiger partial charge in [-0.3, -0.25) is 14.8 Å². The van der Waals surface area contributed by atoms with E-state index in [0.717, 1.165) is 5.56 Å². The van der Waals surface area contributed by atoms with Crippen LogP contribution in [0.1, 0.15) is 18.4 Å². The number of carbonyl (C=O) groups is 2. The lowest BCUT2D eigenvalue weighted by atomic mass is 10.1. The third-order valence-electron chi connectivity index (χ3n) is 2.20. The van der Waals surface area contributed by atoms with Gasteiger partial charge in [-0.15, -0.1) is 0 Å². The van der Waals surface area contributed by atoms with Crippen LogP contribution in [0.5, 0.6) is 11.5 Å². The lowest BCUT2D eigenvalue weighted by Crippen LogP contribution is -2.21. The molecule has 0 bridgehead atoms. The number of hydrogen-bond acceptors (Lipinski definition) is 6. The van der Waals surface area contributed by atoms with Gasteiger partial charge < -0.3 is 21.7 Å². The van der Waals surface area contributed by atoms with E-state index in [1.165, 1.54) is 17.6 Å². The van der Waals surface area contributed by atoms with Crippen molar-refractivity contribution < 1.29 is 25.0 Å². The molecule has 8 heteroatoms. The van der Waals surface area contributed by atoms with E-state index < -0.39 is 11.8 Å². The molecule has 1 aromatic carbocycles. The Hall–Kier alpha value is -2.32. The average Bonchev–Trinajstić information content (AvgIpc) is 2.41. The number of hydrogen-bond donors (Lipinski definition) is 6. The quantitative estimate of drug-likeness (QED) is 0.240. The van der Waals surface area contributed by atoms with Crippen LogP contribution in [-0.2, 0) is 16.0 Å². The summed E-state index contributed by atoms with van der Waals surface area (Å²) in [5.74, 6) is -1.34. The van der Waals surface area contributed by atoms with Crippen molar-refractivity contribution in [2.75, 3.05) is 6.54 Å². The van der Waals surface area contributed by atoms with Crippen molar-refractivity contribution in [1.29, 1.82) is 0 Å². The van der Waals surface area contributed by atoms with Crippen LogP contribution in [0.15, 0.2) is 18.2 Å². The average molecular weight is 285 g/mol. The first-order chi connectivity index (χ1) is 9.40. The van der Waals surface area contributed by atoms with E-state index in [4.69, 9.17) is 26.9 Å². The van der Waals surface area contributed by atoms with Crippen LogP contribution >= 0.6 is 0 Å². The molecule has 2 amide bonds. The van der Waals surface area contributed by atoms with Crippen LogP contribution < -0.4 is 16.9 Å². The minimum Gasteiger partial charge on any atom is -0.504 e. The van der Waals surface area contributed by atoms with E-state index in [0.29, 0.717) is 13.0 Å². The minimum atomic E-state index is -0.603. The summed E-state index contributed by atoms with van der Waals surface area (Å²) in [4.78, 5) is 20.1. The number of carbonyl (C=O) groups excluding carboxylic acids is 2. The summed E-state index contributed by atoms with van der Waals surface area (Å²) in [5, 5.41) is 25.9. The first-order valence-electron chi connectivity index (χ1n) is 5.82. The molecule has 0 unspecified atom stereocenters. The van der Waals surface area contributed by atoms with Crippen molar-refractivity contribution in [3.05, 3.63) is 23.8 Å². The number of phenols is 2. The van der Waals surface area contributed by atoms with Gasteiger partial charge in [0.25, 0.3) is 0 Å². The van der Waals surface area contributed by atoms with Gasteiger partial charge in [-0.1, -0.05) is 6.07 Å². The summed E-state index contributed by atoms with van der Waals surface area (Å²) in [7, 11) is 0. The molecule has 0 aliphatic rings. The molecule has 0 aliphatic heterocycles. The van der Waals surface area contributed by atoms with Crippen LogP contribution in [-0.4, -0.2) is 33.8 Å². The number of nitrogens with two attached hydrogens (primary N) is 2. The van der Waals surface area contributed by atoms with Crippen molar-refractivity contribution >= 4 is 11.8 Å². The molecule has 0 fully saturated rings. The number of primary amides is 1. The lowest BCUT2D eigenvalue weighted by Gasteiger charge is -2.00. The Kier molecular flexibility index (Phi) is 8.48. The molecule has 0 spiro atoms. The summed E-state index contributed by atoms with van der Waals surface area (Å²) in [6.45, 7) is 0.546. The topological polar surface area (TPSA) is 159 Å². The zero-order chi connectivity index (χ0) is 15.5. The van der Waals surface area contributed by atoms with Gasteiger partial charge in [-0.2, -0.15) is 0 Å². The molecule has 0 aromatic heterocycles. The largest absolute Gasteiger partial charge is 0.504 e. The van der Waals surface area contributed by atoms with E-state index in [9.17, 15) is 9.59 Å². The molecule has 20 heavy (non-hydrogen) atoms. The number of benzene rings is 1. The molecule has 8 nitrogen and oxygen atoms in total. The van der Waals surface area contributed by atoms with Crippen molar-refractivity contribution in [2.24, 2.45) is 11.5 Å². The van der Waals surface area contributed by atoms with Crippen LogP contribution in [0.2, 0.25) is 0 Å². The highest BCUT2D eigenvalue weighted by Gasteiger charge is 2.00. The molecule has 0 atom stereocenters. The van der Waals surface area contributed by atoms with Crippen molar-refractivity contribution in [2.45, 2.75) is 19.3 Å². The summed E-state index contributed by atoms with van der Waals surface area (Å²) in [6, 6.07) is 4.71. The zero-order valence-electron chi connectivity index (χ0n) is 10.9. The second-order valence-electron chi connectivity index (χ2n) is 3.86. The highest BCUT2D eigenvalue weighted by molar-refractivity contribution is 5.82. The summed E-state index contributed by atoms with van der Waals surface area (Å²) < 4.78 is 0. The number of nitrogens with one attached hydrogen (secondary N) is 1. The fraction of sp³-hybridized carbons (Fsp3) is 0.333. The van der Waals surface area contributed by atoms with Crippen LogP contribution in [0.3, 0.4) is 0 Å². The van der Waals surface area contributed by atoms with E-state index in [1.54, 1.807) is 6.07 Å². The fourth-order valence-corrected chi connectivity index (χ4v) is 1.18. The van der Waals surface area contributed by atoms with Gasteiger partial charge in [0.15, 0.2) is 11.5 Å². The molecule has 0 saturated heterocycles. The molecular weight excluding hydrogens is 266 g/mol. The zero-order valence-corrected chi connectivity index (χ0v) is 10.9. The maximum Gasteiger partial charge on any atom is 0.243 e. The predicted molar refractivity (Wildman–Crippen MR) is 70.9 cm³/mol. The normalized spacial score (nSPS) is 9.30. The van der Waals surface area contributed by atoms with E-state index in [1.807, 2.05) is 0 Å². The Morgan fingerprint density at radius 1 is 1.15 bits per heavy atom. The Morgan fingerprint density at radius 3 is 2.25 bits per heavy atom. The van der Waals surface area contributed by atoms with E-state index >= 15 is 0 Å². The monoisotopic (exact) mass is 285 g/mol. The molecule has 1 aromatic rings. The molecule has 8 N–H and O–H groups in total. The SMILES string of the molecule is NC(=O)CCC(=O)NO.NCCc1ccc(O)c(O)c1. The van der Waals surface area contributed by atoms with Crippen LogP contribution in [0.4, 0.5) is 0 Å². The van der Waals surface area contributed by atoms with Gasteiger partial charge in [-0.05, 0) is 30.7 Å². The highest BCUT2D eigenvalue weighted by atomic mass is 16.5. The maximum atomic E-state index is 10.1. The Morgan fingerprint density at radius 2 is 1.80 bits per heavy atom. The number of hydroxylamine groups is 1. The van der Waals surface area contributed by atoms with Crippen LogP contribution in [0.25, 0.3) is 0 Å². The van der Waals surface area contributed by atoms with Gasteiger partial charge in [0.1, 0.15) is 0 Å². The maximum absolute atomic E-state index is 10.1. The summed E-state index contributed by atoms with van der Waals surface area (Å²) in [5.41, 5.74) is 12.3. The van der Waals surface area contributed by atoms with Crippen molar-refractivity contribution in [3.63, 3.8) is 0 Å². The molecule has 0 aliphatic carbocycles. The van der Waals surface area contributed by atoms with Gasteiger partial charge in [0, 0.05) is 12.8 Å². The summed E-state index contributed by atoms with van der Waals surface area (Å²) in [6.07, 6.45) is 0.617. The molecular formula is C12H19N3O5. The molecule has 112 valence electrons. The van der Waals surface area contributed by atoms with Gasteiger partial charge >= 0.3 is 0 Å². The Bertz CT molecular complexity index is 451. The lowest BCUT2D eigenvalue weighted by molar-refractivity contribution is -0.131. The number of amides is 2. The number of aromatic hydroxyl groups is 2. The first kappa shape index (κ1) is 17.7. The number of phenolic OH excluding ortho intramolecular Hbond substituents is 2. The standard InChI is InChI=1S/C8H11NO2.C4H8N2O3/c9-4-3-6-1-2-7(10)8(11)5-6;5-3(7)1-2-4(8)6-9/h1-2,5,10-11H,3-4,9H2;9H,1-2H2,(H2,5,7)(H,6,8). The second-order valence-corrected chi connectivity index (χ2v) is 3.86. The third kappa shape index (κ3) is 7.90. The predicted octanol–water partition coefficient (Wildman–Crippen LogP) is -0.644. The molecule has 1 rings (SSSR count). The Balaban J connectivity index is 0.000000370. The molecule has 0 saturated carbocycles. The second kappa shape index (κ2) is 9.59. The van der Waals surface area contributed by atoms with Crippen molar-refractivity contribution in [1.82, 2.24) is 5.48 Å². The summed E-state index contributed by atoms with van der Waals surface area (Å²) >= 11 is 0. The van der Waals surface area contributed by atoms with E-state index in [-0.39, 0.29) is 24.3 Å². The number of rotatable bonds is 5. The molecule has 0 radical (unpaired) electrons. The third-order valence-corrected chi connectivity index (χ3v) is 2.20. The van der Waals surface area contributed by atoms with Crippen LogP contribution in [0, 0.1) is 0 Å². The van der Waals surface area contributed by atoms with Gasteiger partial charge in [0.2, 0.25) is 11.8 Å². The van der Waals surface area contributed by atoms with Crippen molar-refractivity contribution in [3.8, 4) is 11.5 Å². The smallest absolute Gasteiger partial charge is 0.243 e. The highest BCUT2D eigenvalue weighted by Crippen LogP contribution is 2.24. The first-order valence-corrected chi connectivity index (χ1v) is 5.82.